The molecule has 0 radical (unpaired) electrons. The lowest BCUT2D eigenvalue weighted by molar-refractivity contribution is -0.140. The Morgan fingerprint density at radius 2 is 1.82 bits per heavy atom. The Kier molecular flexibility index (Phi) is 9.18. The molecule has 7 nitrogen and oxygen atoms in total. The molecule has 2 amide bonds. The van der Waals surface area contributed by atoms with Crippen LogP contribution in [0.2, 0.25) is 5.02 Å². The van der Waals surface area contributed by atoms with Crippen molar-refractivity contribution in [2.24, 2.45) is 0 Å². The summed E-state index contributed by atoms with van der Waals surface area (Å²) in [5.74, 6) is -3.00. The summed E-state index contributed by atoms with van der Waals surface area (Å²) in [7, 11) is -2.35. The molecule has 33 heavy (non-hydrogen) atoms. The highest BCUT2D eigenvalue weighted by molar-refractivity contribution is 7.92. The zero-order chi connectivity index (χ0) is 24.8. The number of benzene rings is 2. The van der Waals surface area contributed by atoms with E-state index in [-0.39, 0.29) is 43.4 Å². The maximum Gasteiger partial charge on any atom is 0.242 e. The highest BCUT2D eigenvalue weighted by Gasteiger charge is 2.26. The van der Waals surface area contributed by atoms with Crippen molar-refractivity contribution in [1.82, 2.24) is 10.2 Å². The molecule has 0 unspecified atom stereocenters. The fourth-order valence-electron chi connectivity index (χ4n) is 3.27. The quantitative estimate of drug-likeness (QED) is 0.541. The highest BCUT2D eigenvalue weighted by atomic mass is 35.5. The number of carbonyl (C=O) groups is 2. The summed E-state index contributed by atoms with van der Waals surface area (Å²) in [4.78, 5) is 26.6. The third-order valence-corrected chi connectivity index (χ3v) is 6.43. The van der Waals surface area contributed by atoms with Crippen molar-refractivity contribution in [3.8, 4) is 0 Å². The van der Waals surface area contributed by atoms with Crippen LogP contribution in [-0.4, -0.2) is 51.0 Å². The van der Waals surface area contributed by atoms with E-state index >= 15 is 0 Å². The molecule has 0 aromatic heterocycles. The first-order valence-electron chi connectivity index (χ1n) is 10.1. The number of nitrogens with zero attached hydrogens (tertiary/aromatic N) is 2. The van der Waals surface area contributed by atoms with Crippen molar-refractivity contribution in [1.29, 1.82) is 0 Å². The molecule has 0 aliphatic heterocycles. The van der Waals surface area contributed by atoms with Crippen molar-refractivity contribution in [2.75, 3.05) is 24.2 Å². The topological polar surface area (TPSA) is 86.8 Å². The van der Waals surface area contributed by atoms with Crippen molar-refractivity contribution in [2.45, 2.75) is 32.4 Å². The summed E-state index contributed by atoms with van der Waals surface area (Å²) in [5.41, 5.74) is 0.685. The standard InChI is InChI=1S/C22H26ClF2N3O4S/c1-15(22(30)26-2)27(14-16-6-4-7-17(23)12-16)21(29)8-5-11-28(33(3,31)32)18-9-10-19(24)20(25)13-18/h4,6-7,9-10,12-13,15H,5,8,11,14H2,1-3H3,(H,26,30)/t15-/m1/s1. The van der Waals surface area contributed by atoms with Crippen molar-refractivity contribution >= 4 is 39.1 Å². The largest absolute Gasteiger partial charge is 0.357 e. The Bertz CT molecular complexity index is 1110. The van der Waals surface area contributed by atoms with Crippen LogP contribution in [-0.2, 0) is 26.2 Å². The second kappa shape index (κ2) is 11.4. The summed E-state index contributed by atoms with van der Waals surface area (Å²) < 4.78 is 52.2. The van der Waals surface area contributed by atoms with Crippen LogP contribution in [0.4, 0.5) is 14.5 Å². The lowest BCUT2D eigenvalue weighted by Gasteiger charge is -2.29. The average Bonchev–Trinajstić information content (AvgIpc) is 2.75. The number of carbonyl (C=O) groups excluding carboxylic acids is 2. The van der Waals surface area contributed by atoms with Crippen LogP contribution in [0.3, 0.4) is 0 Å². The molecule has 0 spiro atoms. The van der Waals surface area contributed by atoms with Gasteiger partial charge in [0.15, 0.2) is 11.6 Å². The molecule has 0 bridgehead atoms. The number of amides is 2. The van der Waals surface area contributed by atoms with Gasteiger partial charge in [0.05, 0.1) is 11.9 Å². The minimum absolute atomic E-state index is 0.0432. The van der Waals surface area contributed by atoms with Crippen molar-refractivity contribution in [3.63, 3.8) is 0 Å². The maximum atomic E-state index is 13.6. The molecule has 0 aliphatic carbocycles. The SMILES string of the molecule is CNC(=O)[C@@H](C)N(Cc1cccc(Cl)c1)C(=O)CCCN(c1ccc(F)c(F)c1)S(C)(=O)=O. The van der Waals surface area contributed by atoms with E-state index in [1.54, 1.807) is 31.2 Å². The first-order valence-corrected chi connectivity index (χ1v) is 12.3. The molecule has 2 rings (SSSR count). The van der Waals surface area contributed by atoms with Gasteiger partial charge in [0, 0.05) is 37.6 Å². The van der Waals surface area contributed by atoms with Gasteiger partial charge in [-0.15, -0.1) is 0 Å². The average molecular weight is 502 g/mol. The van der Waals surface area contributed by atoms with E-state index in [4.69, 9.17) is 11.6 Å². The number of hydrogen-bond donors (Lipinski definition) is 1. The van der Waals surface area contributed by atoms with Gasteiger partial charge in [0.1, 0.15) is 6.04 Å². The zero-order valence-electron chi connectivity index (χ0n) is 18.5. The van der Waals surface area contributed by atoms with E-state index in [0.717, 1.165) is 34.3 Å². The molecule has 0 heterocycles. The highest BCUT2D eigenvalue weighted by Crippen LogP contribution is 2.22. The van der Waals surface area contributed by atoms with Gasteiger partial charge < -0.3 is 10.2 Å². The smallest absolute Gasteiger partial charge is 0.242 e. The molecule has 0 fully saturated rings. The Hall–Kier alpha value is -2.72. The Morgan fingerprint density at radius 1 is 1.12 bits per heavy atom. The number of sulfonamides is 1. The van der Waals surface area contributed by atoms with E-state index in [1.807, 2.05) is 0 Å². The second-order valence-corrected chi connectivity index (χ2v) is 9.82. The molecule has 2 aromatic rings. The Balaban J connectivity index is 2.16. The molecule has 0 saturated carbocycles. The summed E-state index contributed by atoms with van der Waals surface area (Å²) in [6.45, 7) is 1.59. The van der Waals surface area contributed by atoms with Crippen molar-refractivity contribution in [3.05, 3.63) is 64.7 Å². The fourth-order valence-corrected chi connectivity index (χ4v) is 4.44. The van der Waals surface area contributed by atoms with Gasteiger partial charge >= 0.3 is 0 Å². The van der Waals surface area contributed by atoms with Crippen LogP contribution in [0.1, 0.15) is 25.3 Å². The zero-order valence-corrected chi connectivity index (χ0v) is 20.1. The van der Waals surface area contributed by atoms with Gasteiger partial charge in [-0.1, -0.05) is 23.7 Å². The number of likely N-dealkylation sites (N-methyl/N-ethyl adjacent to an activating group) is 1. The van der Waals surface area contributed by atoms with Gasteiger partial charge in [0.2, 0.25) is 21.8 Å². The van der Waals surface area contributed by atoms with E-state index in [2.05, 4.69) is 5.32 Å². The van der Waals surface area contributed by atoms with Crippen LogP contribution in [0.15, 0.2) is 42.5 Å². The third kappa shape index (κ3) is 7.40. The van der Waals surface area contributed by atoms with Crippen molar-refractivity contribution < 1.29 is 26.8 Å². The van der Waals surface area contributed by atoms with E-state index < -0.39 is 27.7 Å². The fraction of sp³-hybridized carbons (Fsp3) is 0.364. The number of nitrogens with one attached hydrogen (secondary N) is 1. The molecule has 180 valence electrons. The number of halogens is 3. The second-order valence-electron chi connectivity index (χ2n) is 7.48. The Labute approximate surface area is 197 Å². The Morgan fingerprint density at radius 3 is 2.39 bits per heavy atom. The van der Waals surface area contributed by atoms with E-state index in [9.17, 15) is 26.8 Å². The van der Waals surface area contributed by atoms with Gasteiger partial charge in [-0.3, -0.25) is 13.9 Å². The molecule has 0 aliphatic rings. The number of rotatable bonds is 10. The molecular weight excluding hydrogens is 476 g/mol. The summed E-state index contributed by atoms with van der Waals surface area (Å²) in [6.07, 6.45) is 0.962. The van der Waals surface area contributed by atoms with Crippen LogP contribution >= 0.6 is 11.6 Å². The van der Waals surface area contributed by atoms with Crippen LogP contribution in [0.25, 0.3) is 0 Å². The lowest BCUT2D eigenvalue weighted by atomic mass is 10.1. The molecule has 11 heteroatoms. The van der Waals surface area contributed by atoms with Gasteiger partial charge in [-0.05, 0) is 43.2 Å². The van der Waals surface area contributed by atoms with Gasteiger partial charge in [-0.2, -0.15) is 0 Å². The molecular formula is C22H26ClF2N3O4S. The lowest BCUT2D eigenvalue weighted by Crippen LogP contribution is -2.46. The van der Waals surface area contributed by atoms with E-state index in [1.165, 1.54) is 11.9 Å². The van der Waals surface area contributed by atoms with Crippen LogP contribution in [0.5, 0.6) is 0 Å². The third-order valence-electron chi connectivity index (χ3n) is 5.00. The van der Waals surface area contributed by atoms with Gasteiger partial charge in [0.25, 0.3) is 0 Å². The van der Waals surface area contributed by atoms with Gasteiger partial charge in [-0.25, -0.2) is 17.2 Å². The normalized spacial score (nSPS) is 12.2. The number of anilines is 1. The monoisotopic (exact) mass is 501 g/mol. The number of hydrogen-bond acceptors (Lipinski definition) is 4. The molecule has 2 aromatic carbocycles. The minimum atomic E-state index is -3.81. The van der Waals surface area contributed by atoms with Crippen LogP contribution < -0.4 is 9.62 Å². The molecule has 1 atom stereocenters. The molecule has 0 saturated heterocycles. The molecule has 1 N–H and O–H groups in total. The minimum Gasteiger partial charge on any atom is -0.357 e. The first-order chi connectivity index (χ1) is 15.4. The summed E-state index contributed by atoms with van der Waals surface area (Å²) in [6, 6.07) is 8.89. The maximum absolute atomic E-state index is 13.6. The van der Waals surface area contributed by atoms with Crippen LogP contribution in [0, 0.1) is 11.6 Å². The predicted molar refractivity (Wildman–Crippen MR) is 123 cm³/mol. The first kappa shape index (κ1) is 26.5. The summed E-state index contributed by atoms with van der Waals surface area (Å²) in [5, 5.41) is 3.00. The summed E-state index contributed by atoms with van der Waals surface area (Å²) >= 11 is 6.02. The predicted octanol–water partition coefficient (Wildman–Crippen LogP) is 3.33. The van der Waals surface area contributed by atoms with E-state index in [0.29, 0.717) is 5.02 Å².